The van der Waals surface area contributed by atoms with E-state index in [9.17, 15) is 23.6 Å². The Morgan fingerprint density at radius 2 is 2.15 bits per heavy atom. The minimum atomic E-state index is -1.64. The van der Waals surface area contributed by atoms with Crippen LogP contribution < -0.4 is 32.0 Å². The number of hydrogen-bond acceptors (Lipinski definition) is 6. The summed E-state index contributed by atoms with van der Waals surface area (Å²) < 4.78 is 19.3. The maximum absolute atomic E-state index is 13.7. The van der Waals surface area contributed by atoms with Crippen LogP contribution in [0.3, 0.4) is 0 Å². The Balaban J connectivity index is 1.96. The zero-order valence-corrected chi connectivity index (χ0v) is 13.6. The largest absolute Gasteiger partial charge is 0.482 e. The lowest BCUT2D eigenvalue weighted by Crippen LogP contribution is -2.56. The van der Waals surface area contributed by atoms with Crippen LogP contribution in [0.2, 0.25) is 0 Å². The van der Waals surface area contributed by atoms with Crippen LogP contribution in [-0.4, -0.2) is 35.9 Å². The second kappa shape index (κ2) is 6.26. The van der Waals surface area contributed by atoms with E-state index < -0.39 is 47.3 Å². The summed E-state index contributed by atoms with van der Waals surface area (Å²) in [6, 6.07) is 0.942. The number of hydrogen-bond donors (Lipinski definition) is 5. The number of amides is 5. The first-order valence-electron chi connectivity index (χ1n) is 7.68. The third kappa shape index (κ3) is 2.81. The zero-order chi connectivity index (χ0) is 19.1. The lowest BCUT2D eigenvalue weighted by Gasteiger charge is -2.37. The summed E-state index contributed by atoms with van der Waals surface area (Å²) in [7, 11) is 0. The molecule has 1 fully saturated rings. The molecule has 1 aromatic rings. The summed E-state index contributed by atoms with van der Waals surface area (Å²) in [5, 5.41) is 6.86. The second-order valence-electron chi connectivity index (χ2n) is 6.01. The number of benzene rings is 1. The normalized spacial score (nSPS) is 24.8. The molecule has 0 aromatic heterocycles. The number of imide groups is 1. The minimum Gasteiger partial charge on any atom is -0.482 e. The summed E-state index contributed by atoms with van der Waals surface area (Å²) in [5.41, 5.74) is 0.311. The quantitative estimate of drug-likeness (QED) is 0.203. The molecule has 0 saturated carbocycles. The molecule has 2 aliphatic heterocycles. The van der Waals surface area contributed by atoms with Crippen molar-refractivity contribution in [1.29, 1.82) is 0 Å². The molecule has 2 aliphatic rings. The maximum Gasteiger partial charge on any atom is 0.329 e. The molecule has 5 amide bonds. The third-order valence-electron chi connectivity index (χ3n) is 4.33. The highest BCUT2D eigenvalue weighted by Crippen LogP contribution is 2.42. The van der Waals surface area contributed by atoms with Crippen molar-refractivity contribution in [3.8, 4) is 5.75 Å². The fraction of sp³-hybridized carbons (Fsp3) is 0.333. The fourth-order valence-corrected chi connectivity index (χ4v) is 3.09. The van der Waals surface area contributed by atoms with Crippen molar-refractivity contribution < 1.29 is 28.3 Å². The van der Waals surface area contributed by atoms with Crippen LogP contribution >= 0.6 is 0 Å². The monoisotopic (exact) mass is 365 g/mol. The molecule has 2 heterocycles. The smallest absolute Gasteiger partial charge is 0.329 e. The molecule has 138 valence electrons. The molecular formula is C15H16FN5O5. The summed E-state index contributed by atoms with van der Waals surface area (Å²) in [6.45, 7) is 1.42. The number of ketones is 1. The first-order valence-corrected chi connectivity index (χ1v) is 7.68. The number of ether oxygens (including phenoxy) is 1. The van der Waals surface area contributed by atoms with Gasteiger partial charge in [0, 0.05) is 12.0 Å². The van der Waals surface area contributed by atoms with Crippen LogP contribution in [0.5, 0.6) is 5.75 Å². The van der Waals surface area contributed by atoms with Crippen molar-refractivity contribution in [2.24, 2.45) is 5.84 Å². The first-order chi connectivity index (χ1) is 12.3. The molecule has 0 aliphatic carbocycles. The van der Waals surface area contributed by atoms with E-state index in [0.29, 0.717) is 0 Å². The van der Waals surface area contributed by atoms with Crippen LogP contribution in [0.15, 0.2) is 18.2 Å². The fourth-order valence-electron chi connectivity index (χ4n) is 3.09. The molecule has 1 aromatic carbocycles. The van der Waals surface area contributed by atoms with Gasteiger partial charge in [-0.1, -0.05) is 0 Å². The van der Waals surface area contributed by atoms with Gasteiger partial charge in [-0.05, 0) is 25.1 Å². The summed E-state index contributed by atoms with van der Waals surface area (Å²) in [5.74, 6) is 3.17. The van der Waals surface area contributed by atoms with E-state index in [0.717, 1.165) is 12.1 Å². The molecule has 1 spiro atoms. The molecule has 0 unspecified atom stereocenters. The number of carbonyl (C=O) groups excluding carboxylic acids is 4. The predicted molar refractivity (Wildman–Crippen MR) is 84.1 cm³/mol. The molecule has 0 bridgehead atoms. The van der Waals surface area contributed by atoms with Gasteiger partial charge in [0.1, 0.15) is 11.6 Å². The molecular weight excluding hydrogens is 349 g/mol. The van der Waals surface area contributed by atoms with Crippen LogP contribution in [0.25, 0.3) is 0 Å². The Morgan fingerprint density at radius 1 is 1.42 bits per heavy atom. The summed E-state index contributed by atoms with van der Waals surface area (Å²) in [6.07, 6.45) is -1.42. The van der Waals surface area contributed by atoms with Gasteiger partial charge in [-0.15, -0.1) is 0 Å². The third-order valence-corrected chi connectivity index (χ3v) is 4.33. The zero-order valence-electron chi connectivity index (χ0n) is 13.6. The topological polar surface area (TPSA) is 152 Å². The number of Topliss-reactive ketones (excluding diaryl/α,β-unsaturated/α-hetero) is 1. The number of urea groups is 2. The van der Waals surface area contributed by atoms with Gasteiger partial charge in [0.2, 0.25) is 0 Å². The highest BCUT2D eigenvalue weighted by Gasteiger charge is 2.55. The van der Waals surface area contributed by atoms with E-state index in [1.165, 1.54) is 13.0 Å². The molecule has 3 rings (SSSR count). The first kappa shape index (κ1) is 17.6. The van der Waals surface area contributed by atoms with Crippen LogP contribution in [0, 0.1) is 5.82 Å². The van der Waals surface area contributed by atoms with Gasteiger partial charge in [-0.3, -0.25) is 20.3 Å². The summed E-state index contributed by atoms with van der Waals surface area (Å²) in [4.78, 5) is 48.0. The minimum absolute atomic E-state index is 0.0869. The predicted octanol–water partition coefficient (Wildman–Crippen LogP) is -0.858. The number of rotatable bonds is 3. The van der Waals surface area contributed by atoms with E-state index >= 15 is 0 Å². The second-order valence-corrected chi connectivity index (χ2v) is 6.01. The highest BCUT2D eigenvalue weighted by atomic mass is 19.1. The molecule has 26 heavy (non-hydrogen) atoms. The molecule has 10 nitrogen and oxygen atoms in total. The highest BCUT2D eigenvalue weighted by molar-refractivity contribution is 6.08. The number of nitrogens with one attached hydrogen (secondary N) is 4. The van der Waals surface area contributed by atoms with Gasteiger partial charge in [-0.2, -0.15) is 0 Å². The number of carbonyl (C=O) groups is 4. The average Bonchev–Trinajstić information content (AvgIpc) is 2.88. The van der Waals surface area contributed by atoms with Crippen molar-refractivity contribution in [2.45, 2.75) is 31.0 Å². The lowest BCUT2D eigenvalue weighted by molar-refractivity contribution is -0.132. The number of hydrazine groups is 1. The van der Waals surface area contributed by atoms with Gasteiger partial charge in [-0.25, -0.2) is 19.8 Å². The van der Waals surface area contributed by atoms with Crippen LogP contribution in [0.4, 0.5) is 14.0 Å². The summed E-state index contributed by atoms with van der Waals surface area (Å²) >= 11 is 0. The Bertz CT molecular complexity index is 816. The van der Waals surface area contributed by atoms with E-state index in [-0.39, 0.29) is 17.7 Å². The number of nitrogens with two attached hydrogens (primary N) is 1. The SMILES string of the molecule is C[C@H](NC(=O)NN)C(=O)[C@@H]1C[C@]2(NC(=O)NC2=O)c2cc(F)ccc2O1. The van der Waals surface area contributed by atoms with Crippen LogP contribution in [0.1, 0.15) is 18.9 Å². The van der Waals surface area contributed by atoms with E-state index in [1.54, 1.807) is 0 Å². The van der Waals surface area contributed by atoms with Gasteiger partial charge < -0.3 is 15.4 Å². The van der Waals surface area contributed by atoms with Crippen molar-refractivity contribution in [3.05, 3.63) is 29.6 Å². The van der Waals surface area contributed by atoms with E-state index in [1.807, 2.05) is 5.43 Å². The molecule has 11 heteroatoms. The molecule has 0 radical (unpaired) electrons. The Labute approximate surface area is 146 Å². The Kier molecular flexibility index (Phi) is 4.24. The molecule has 3 atom stereocenters. The number of halogens is 1. The number of fused-ring (bicyclic) bond motifs is 2. The maximum atomic E-state index is 13.7. The van der Waals surface area contributed by atoms with E-state index in [2.05, 4.69) is 16.0 Å². The van der Waals surface area contributed by atoms with Gasteiger partial charge in [0.05, 0.1) is 6.04 Å². The van der Waals surface area contributed by atoms with E-state index in [4.69, 9.17) is 10.6 Å². The van der Waals surface area contributed by atoms with Gasteiger partial charge in [0.15, 0.2) is 17.4 Å². The Hall–Kier alpha value is -3.21. The Morgan fingerprint density at radius 3 is 2.77 bits per heavy atom. The van der Waals surface area contributed by atoms with Crippen molar-refractivity contribution in [3.63, 3.8) is 0 Å². The van der Waals surface area contributed by atoms with Gasteiger partial charge >= 0.3 is 12.1 Å². The van der Waals surface area contributed by atoms with Crippen molar-refractivity contribution in [1.82, 2.24) is 21.4 Å². The average molecular weight is 365 g/mol. The van der Waals surface area contributed by atoms with Crippen molar-refractivity contribution >= 4 is 23.8 Å². The van der Waals surface area contributed by atoms with Crippen LogP contribution in [-0.2, 0) is 15.1 Å². The van der Waals surface area contributed by atoms with Gasteiger partial charge in [0.25, 0.3) is 5.91 Å². The standard InChI is InChI=1S/C15H16FN5O5/c1-6(18-14(25)21-17)11(22)10-5-15(12(23)19-13(24)20-15)8-4-7(16)2-3-9(8)26-10/h2-4,6,10H,5,17H2,1H3,(H2,18,21,25)(H2,19,20,23,24)/t6-,10-,15-/m0/s1. The molecule has 1 saturated heterocycles. The molecule has 6 N–H and O–H groups in total. The lowest BCUT2D eigenvalue weighted by atomic mass is 9.80. The van der Waals surface area contributed by atoms with Crippen molar-refractivity contribution in [2.75, 3.05) is 0 Å².